The number of aryl methyl sites for hydroxylation is 1. The zero-order chi connectivity index (χ0) is 20.7. The van der Waals surface area contributed by atoms with Crippen molar-refractivity contribution in [3.05, 3.63) is 34.2 Å². The van der Waals surface area contributed by atoms with E-state index in [4.69, 9.17) is 9.15 Å². The van der Waals surface area contributed by atoms with Gasteiger partial charge in [0, 0.05) is 0 Å². The van der Waals surface area contributed by atoms with Crippen molar-refractivity contribution in [1.29, 1.82) is 0 Å². The Labute approximate surface area is 176 Å². The second-order valence-corrected chi connectivity index (χ2v) is 8.23. The van der Waals surface area contributed by atoms with Crippen molar-refractivity contribution >= 4 is 10.9 Å². The van der Waals surface area contributed by atoms with Crippen LogP contribution < -0.4 is 10.4 Å². The van der Waals surface area contributed by atoms with Crippen LogP contribution in [0.3, 0.4) is 0 Å². The highest BCUT2D eigenvalue weighted by Crippen LogP contribution is 2.15. The van der Waals surface area contributed by atoms with E-state index in [1.54, 1.807) is 6.07 Å². The van der Waals surface area contributed by atoms with Crippen molar-refractivity contribution in [2.45, 2.75) is 104 Å². The number of ether oxygens (including phenoxy) is 1. The van der Waals surface area contributed by atoms with Gasteiger partial charge in [-0.3, -0.25) is 0 Å². The van der Waals surface area contributed by atoms with Crippen LogP contribution in [0, 0.1) is 6.92 Å². The molecule has 1 heterocycles. The highest BCUT2D eigenvalue weighted by atomic mass is 16.6. The van der Waals surface area contributed by atoms with Crippen LogP contribution in [-0.4, -0.2) is 11.6 Å². The maximum absolute atomic E-state index is 12.0. The number of nitrogens with zero attached hydrogens (tertiary/aromatic N) is 1. The maximum Gasteiger partial charge on any atom is 0.397 e. The lowest BCUT2D eigenvalue weighted by atomic mass is 10.0. The molecule has 1 aromatic heterocycles. The molecule has 2 aromatic rings. The number of unbranched alkanes of at least 4 members (excludes halogenated alkanes) is 13. The van der Waals surface area contributed by atoms with Crippen molar-refractivity contribution in [2.24, 2.45) is 0 Å². The molecule has 0 aliphatic carbocycles. The van der Waals surface area contributed by atoms with Gasteiger partial charge < -0.3 is 9.15 Å². The van der Waals surface area contributed by atoms with E-state index < -0.39 is 0 Å². The summed E-state index contributed by atoms with van der Waals surface area (Å²) in [6.07, 6.45) is 18.7. The standard InChI is InChI=1S/C25H39NO3/c1-3-4-5-6-7-8-9-10-11-12-13-14-15-16-19-28-25-26-23-18-17-21(2)20-22(23)24(27)29-25/h17-18,20H,3-16,19H2,1-2H3. The van der Waals surface area contributed by atoms with E-state index in [-0.39, 0.29) is 11.7 Å². The molecule has 0 radical (unpaired) electrons. The Hall–Kier alpha value is -1.84. The maximum atomic E-state index is 12.0. The minimum absolute atomic E-state index is 0.0843. The summed E-state index contributed by atoms with van der Waals surface area (Å²) in [5.41, 5.74) is 1.26. The lowest BCUT2D eigenvalue weighted by molar-refractivity contribution is 0.211. The molecule has 0 saturated carbocycles. The van der Waals surface area contributed by atoms with Crippen LogP contribution in [0.25, 0.3) is 10.9 Å². The molecule has 0 aliphatic heterocycles. The van der Waals surface area contributed by atoms with Crippen molar-refractivity contribution in [2.75, 3.05) is 6.61 Å². The topological polar surface area (TPSA) is 52.3 Å². The van der Waals surface area contributed by atoms with Crippen LogP contribution in [0.4, 0.5) is 0 Å². The first-order valence-electron chi connectivity index (χ1n) is 11.7. The van der Waals surface area contributed by atoms with Gasteiger partial charge in [-0.25, -0.2) is 4.79 Å². The van der Waals surface area contributed by atoms with E-state index >= 15 is 0 Å². The molecule has 29 heavy (non-hydrogen) atoms. The van der Waals surface area contributed by atoms with Crippen LogP contribution in [0.5, 0.6) is 6.08 Å². The Balaban J connectivity index is 1.46. The molecule has 0 fully saturated rings. The number of rotatable bonds is 16. The first-order chi connectivity index (χ1) is 14.2. The number of hydrogen-bond donors (Lipinski definition) is 0. The zero-order valence-corrected chi connectivity index (χ0v) is 18.5. The summed E-state index contributed by atoms with van der Waals surface area (Å²) in [4.78, 5) is 16.3. The van der Waals surface area contributed by atoms with Gasteiger partial charge in [-0.2, -0.15) is 4.98 Å². The van der Waals surface area contributed by atoms with Crippen LogP contribution >= 0.6 is 0 Å². The second-order valence-electron chi connectivity index (χ2n) is 8.23. The van der Waals surface area contributed by atoms with Crippen LogP contribution in [-0.2, 0) is 0 Å². The van der Waals surface area contributed by atoms with E-state index in [1.165, 1.54) is 77.0 Å². The normalized spacial score (nSPS) is 11.2. The molecular weight excluding hydrogens is 362 g/mol. The van der Waals surface area contributed by atoms with E-state index in [1.807, 2.05) is 19.1 Å². The fourth-order valence-electron chi connectivity index (χ4n) is 3.68. The van der Waals surface area contributed by atoms with Gasteiger partial charge in [-0.1, -0.05) is 102 Å². The summed E-state index contributed by atoms with van der Waals surface area (Å²) >= 11 is 0. The third-order valence-electron chi connectivity index (χ3n) is 5.49. The summed E-state index contributed by atoms with van der Waals surface area (Å²) in [5, 5.41) is 0.508. The van der Waals surface area contributed by atoms with E-state index in [0.29, 0.717) is 17.5 Å². The number of benzene rings is 1. The predicted molar refractivity (Wildman–Crippen MR) is 121 cm³/mol. The van der Waals surface area contributed by atoms with E-state index in [0.717, 1.165) is 18.4 Å². The molecule has 0 spiro atoms. The lowest BCUT2D eigenvalue weighted by Crippen LogP contribution is -2.06. The summed E-state index contributed by atoms with van der Waals surface area (Å²) in [7, 11) is 0. The highest BCUT2D eigenvalue weighted by molar-refractivity contribution is 5.77. The van der Waals surface area contributed by atoms with Gasteiger partial charge in [0.15, 0.2) is 0 Å². The van der Waals surface area contributed by atoms with Gasteiger partial charge >= 0.3 is 11.7 Å². The molecule has 4 heteroatoms. The summed E-state index contributed by atoms with van der Waals surface area (Å²) in [5.74, 6) is 0. The summed E-state index contributed by atoms with van der Waals surface area (Å²) < 4.78 is 10.7. The average Bonchev–Trinajstić information content (AvgIpc) is 2.71. The highest BCUT2D eigenvalue weighted by Gasteiger charge is 2.07. The average molecular weight is 402 g/mol. The molecule has 0 aliphatic rings. The third kappa shape index (κ3) is 9.47. The molecule has 0 N–H and O–H groups in total. The summed E-state index contributed by atoms with van der Waals surface area (Å²) in [6.45, 7) is 4.76. The lowest BCUT2D eigenvalue weighted by Gasteiger charge is -2.05. The Morgan fingerprint density at radius 3 is 1.97 bits per heavy atom. The predicted octanol–water partition coefficient (Wildman–Crippen LogP) is 7.36. The molecule has 0 saturated heterocycles. The van der Waals surface area contributed by atoms with Gasteiger partial charge in [-0.15, -0.1) is 0 Å². The number of fused-ring (bicyclic) bond motifs is 1. The van der Waals surface area contributed by atoms with E-state index in [9.17, 15) is 4.79 Å². The molecule has 1 aromatic carbocycles. The van der Waals surface area contributed by atoms with Gasteiger partial charge in [-0.05, 0) is 25.5 Å². The molecule has 0 bridgehead atoms. The van der Waals surface area contributed by atoms with Crippen LogP contribution in [0.15, 0.2) is 27.4 Å². The van der Waals surface area contributed by atoms with Crippen molar-refractivity contribution in [1.82, 2.24) is 4.98 Å². The number of hydrogen-bond acceptors (Lipinski definition) is 4. The molecular formula is C25H39NO3. The second kappa shape index (κ2) is 14.2. The Bertz CT molecular complexity index is 753. The fraction of sp³-hybridized carbons (Fsp3) is 0.680. The Morgan fingerprint density at radius 2 is 1.38 bits per heavy atom. The van der Waals surface area contributed by atoms with Crippen LogP contribution in [0.1, 0.15) is 102 Å². The molecule has 4 nitrogen and oxygen atoms in total. The zero-order valence-electron chi connectivity index (χ0n) is 18.5. The quantitative estimate of drug-likeness (QED) is 0.276. The first-order valence-corrected chi connectivity index (χ1v) is 11.7. The Morgan fingerprint density at radius 1 is 0.828 bits per heavy atom. The van der Waals surface area contributed by atoms with E-state index in [2.05, 4.69) is 11.9 Å². The van der Waals surface area contributed by atoms with Gasteiger partial charge in [0.1, 0.15) is 0 Å². The monoisotopic (exact) mass is 401 g/mol. The SMILES string of the molecule is CCCCCCCCCCCCCCCCOc1nc2ccc(C)cc2c(=O)o1. The molecule has 2 rings (SSSR count). The molecule has 162 valence electrons. The molecule has 0 atom stereocenters. The van der Waals surface area contributed by atoms with Gasteiger partial charge in [0.2, 0.25) is 0 Å². The largest absolute Gasteiger partial charge is 0.450 e. The molecule has 0 amide bonds. The Kier molecular flexibility index (Phi) is 11.5. The summed E-state index contributed by atoms with van der Waals surface area (Å²) in [6, 6.07) is 5.57. The van der Waals surface area contributed by atoms with Crippen molar-refractivity contribution < 1.29 is 9.15 Å². The molecule has 0 unspecified atom stereocenters. The smallest absolute Gasteiger partial charge is 0.397 e. The third-order valence-corrected chi connectivity index (χ3v) is 5.49. The first kappa shape index (κ1) is 23.4. The van der Waals surface area contributed by atoms with Crippen molar-refractivity contribution in [3.63, 3.8) is 0 Å². The van der Waals surface area contributed by atoms with Crippen molar-refractivity contribution in [3.8, 4) is 6.08 Å². The van der Waals surface area contributed by atoms with Gasteiger partial charge in [0.05, 0.1) is 17.5 Å². The number of aromatic nitrogens is 1. The minimum Gasteiger partial charge on any atom is -0.450 e. The fourth-order valence-corrected chi connectivity index (χ4v) is 3.68. The van der Waals surface area contributed by atoms with Gasteiger partial charge in [0.25, 0.3) is 0 Å². The van der Waals surface area contributed by atoms with Crippen LogP contribution in [0.2, 0.25) is 0 Å². The minimum atomic E-state index is -0.380.